The molecular weight excluding hydrogens is 136 g/mol. The lowest BCUT2D eigenvalue weighted by Gasteiger charge is -2.25. The summed E-state index contributed by atoms with van der Waals surface area (Å²) >= 11 is 0. The third-order valence-electron chi connectivity index (χ3n) is 2.11. The van der Waals surface area contributed by atoms with Crippen LogP contribution in [0.15, 0.2) is 0 Å². The van der Waals surface area contributed by atoms with Gasteiger partial charge in [0, 0.05) is 12.0 Å². The maximum atomic E-state index is 12.0. The Morgan fingerprint density at radius 1 is 1.30 bits per heavy atom. The lowest BCUT2D eigenvalue weighted by molar-refractivity contribution is 0.0517. The normalized spacial score (nSPS) is 34.8. The van der Waals surface area contributed by atoms with Gasteiger partial charge < -0.3 is 5.73 Å². The summed E-state index contributed by atoms with van der Waals surface area (Å²) in [6, 6.07) is 0.0211. The fourth-order valence-corrected chi connectivity index (χ4v) is 1.50. The van der Waals surface area contributed by atoms with Crippen molar-refractivity contribution in [3.05, 3.63) is 0 Å². The topological polar surface area (TPSA) is 26.0 Å². The predicted octanol–water partition coefficient (Wildman–Crippen LogP) is 1.77. The maximum Gasteiger partial charge on any atom is 0.241 e. The van der Waals surface area contributed by atoms with Crippen LogP contribution in [-0.2, 0) is 0 Å². The second-order valence-electron chi connectivity index (χ2n) is 3.02. The zero-order valence-corrected chi connectivity index (χ0v) is 5.89. The van der Waals surface area contributed by atoms with Crippen LogP contribution in [0.2, 0.25) is 0 Å². The van der Waals surface area contributed by atoms with Crippen LogP contribution in [0.3, 0.4) is 0 Å². The molecule has 2 atom stereocenters. The van der Waals surface area contributed by atoms with Crippen LogP contribution < -0.4 is 5.73 Å². The van der Waals surface area contributed by atoms with E-state index >= 15 is 0 Å². The molecule has 1 saturated carbocycles. The number of alkyl halides is 2. The second kappa shape index (κ2) is 3.28. The van der Waals surface area contributed by atoms with Crippen molar-refractivity contribution in [2.75, 3.05) is 0 Å². The highest BCUT2D eigenvalue weighted by molar-refractivity contribution is 4.76. The lowest BCUT2D eigenvalue weighted by atomic mass is 9.86. The molecule has 60 valence electrons. The Kier molecular flexibility index (Phi) is 2.60. The molecule has 0 bridgehead atoms. The minimum absolute atomic E-state index is 0.0211. The Balaban J connectivity index is 2.32. The highest BCUT2D eigenvalue weighted by Gasteiger charge is 2.26. The summed E-state index contributed by atoms with van der Waals surface area (Å²) in [6.45, 7) is 0. The minimum Gasteiger partial charge on any atom is -0.328 e. The molecule has 0 aromatic carbocycles. The monoisotopic (exact) mass is 149 g/mol. The maximum absolute atomic E-state index is 12.0. The molecule has 0 saturated heterocycles. The molecule has 0 amide bonds. The Morgan fingerprint density at radius 3 is 2.40 bits per heavy atom. The SMILES string of the molecule is N[C@H]1CCC[C@@H](C(F)F)C1. The van der Waals surface area contributed by atoms with Crippen LogP contribution in [0, 0.1) is 5.92 Å². The fourth-order valence-electron chi connectivity index (χ4n) is 1.50. The number of nitrogens with two attached hydrogens (primary N) is 1. The first-order valence-corrected chi connectivity index (χ1v) is 3.74. The highest BCUT2D eigenvalue weighted by atomic mass is 19.3. The summed E-state index contributed by atoms with van der Waals surface area (Å²) < 4.78 is 24.1. The first kappa shape index (κ1) is 7.92. The number of hydrogen-bond donors (Lipinski definition) is 1. The molecule has 1 aliphatic rings. The molecule has 1 aliphatic carbocycles. The van der Waals surface area contributed by atoms with E-state index in [4.69, 9.17) is 5.73 Å². The van der Waals surface area contributed by atoms with Gasteiger partial charge in [0.05, 0.1) is 0 Å². The van der Waals surface area contributed by atoms with E-state index in [1.54, 1.807) is 0 Å². The molecule has 0 aromatic rings. The van der Waals surface area contributed by atoms with Gasteiger partial charge in [-0.25, -0.2) is 8.78 Å². The van der Waals surface area contributed by atoms with Gasteiger partial charge in [0.1, 0.15) is 0 Å². The Hall–Kier alpha value is -0.180. The van der Waals surface area contributed by atoms with Gasteiger partial charge >= 0.3 is 0 Å². The van der Waals surface area contributed by atoms with Crippen molar-refractivity contribution >= 4 is 0 Å². The molecular formula is C7H13F2N. The molecule has 0 heterocycles. The molecule has 0 spiro atoms. The van der Waals surface area contributed by atoms with E-state index in [-0.39, 0.29) is 6.04 Å². The summed E-state index contributed by atoms with van der Waals surface area (Å²) in [6.07, 6.45) is 0.800. The smallest absolute Gasteiger partial charge is 0.241 e. The van der Waals surface area contributed by atoms with Gasteiger partial charge in [0.2, 0.25) is 6.43 Å². The van der Waals surface area contributed by atoms with E-state index in [9.17, 15) is 8.78 Å². The summed E-state index contributed by atoms with van der Waals surface area (Å²) in [7, 11) is 0. The van der Waals surface area contributed by atoms with Gasteiger partial charge in [-0.1, -0.05) is 6.42 Å². The number of rotatable bonds is 1. The average Bonchev–Trinajstić information content (AvgIpc) is 1.88. The molecule has 3 heteroatoms. The van der Waals surface area contributed by atoms with E-state index < -0.39 is 12.3 Å². The first-order valence-electron chi connectivity index (χ1n) is 3.74. The quantitative estimate of drug-likeness (QED) is 0.604. The fraction of sp³-hybridized carbons (Fsp3) is 1.00. The van der Waals surface area contributed by atoms with Gasteiger partial charge in [0.15, 0.2) is 0 Å². The largest absolute Gasteiger partial charge is 0.328 e. The summed E-state index contributed by atoms with van der Waals surface area (Å²) in [5, 5.41) is 0. The standard InChI is InChI=1S/C7H13F2N/c8-7(9)5-2-1-3-6(10)4-5/h5-7H,1-4,10H2/t5-,6+/m1/s1. The third-order valence-corrected chi connectivity index (χ3v) is 2.11. The van der Waals surface area contributed by atoms with E-state index in [1.807, 2.05) is 0 Å². The van der Waals surface area contributed by atoms with Crippen LogP contribution in [-0.4, -0.2) is 12.5 Å². The van der Waals surface area contributed by atoms with Crippen molar-refractivity contribution in [1.29, 1.82) is 0 Å². The summed E-state index contributed by atoms with van der Waals surface area (Å²) in [5.41, 5.74) is 5.53. The van der Waals surface area contributed by atoms with Gasteiger partial charge in [0.25, 0.3) is 0 Å². The van der Waals surface area contributed by atoms with Crippen molar-refractivity contribution in [2.24, 2.45) is 11.7 Å². The Morgan fingerprint density at radius 2 is 2.00 bits per heavy atom. The van der Waals surface area contributed by atoms with Crippen LogP contribution in [0.1, 0.15) is 25.7 Å². The highest BCUT2D eigenvalue weighted by Crippen LogP contribution is 2.27. The molecule has 1 rings (SSSR count). The van der Waals surface area contributed by atoms with Crippen molar-refractivity contribution < 1.29 is 8.78 Å². The minimum atomic E-state index is -2.16. The van der Waals surface area contributed by atoms with Crippen LogP contribution >= 0.6 is 0 Å². The predicted molar refractivity (Wildman–Crippen MR) is 35.9 cm³/mol. The molecule has 0 radical (unpaired) electrons. The lowest BCUT2D eigenvalue weighted by Crippen LogP contribution is -2.30. The molecule has 1 nitrogen and oxygen atoms in total. The third kappa shape index (κ3) is 1.90. The van der Waals surface area contributed by atoms with Gasteiger partial charge in [-0.2, -0.15) is 0 Å². The molecule has 10 heavy (non-hydrogen) atoms. The van der Waals surface area contributed by atoms with Crippen molar-refractivity contribution in [2.45, 2.75) is 38.2 Å². The number of halogens is 2. The van der Waals surface area contributed by atoms with Gasteiger partial charge in [-0.05, 0) is 19.3 Å². The second-order valence-corrected chi connectivity index (χ2v) is 3.02. The Bertz CT molecular complexity index is 106. The van der Waals surface area contributed by atoms with E-state index in [0.29, 0.717) is 12.8 Å². The zero-order chi connectivity index (χ0) is 7.56. The zero-order valence-electron chi connectivity index (χ0n) is 5.89. The van der Waals surface area contributed by atoms with Crippen LogP contribution in [0.4, 0.5) is 8.78 Å². The van der Waals surface area contributed by atoms with E-state index in [1.165, 1.54) is 0 Å². The summed E-state index contributed by atoms with van der Waals surface area (Å²) in [4.78, 5) is 0. The van der Waals surface area contributed by atoms with Crippen molar-refractivity contribution in [3.63, 3.8) is 0 Å². The average molecular weight is 149 g/mol. The summed E-state index contributed by atoms with van der Waals surface area (Å²) in [5.74, 6) is -0.427. The van der Waals surface area contributed by atoms with Gasteiger partial charge in [-0.15, -0.1) is 0 Å². The van der Waals surface area contributed by atoms with E-state index in [2.05, 4.69) is 0 Å². The number of hydrogen-bond acceptors (Lipinski definition) is 1. The van der Waals surface area contributed by atoms with Crippen molar-refractivity contribution in [3.8, 4) is 0 Å². The van der Waals surface area contributed by atoms with Crippen LogP contribution in [0.25, 0.3) is 0 Å². The first-order chi connectivity index (χ1) is 4.70. The van der Waals surface area contributed by atoms with Gasteiger partial charge in [-0.3, -0.25) is 0 Å². The Labute approximate surface area is 59.6 Å². The molecule has 0 aliphatic heterocycles. The van der Waals surface area contributed by atoms with Crippen LogP contribution in [0.5, 0.6) is 0 Å². The van der Waals surface area contributed by atoms with Crippen molar-refractivity contribution in [1.82, 2.24) is 0 Å². The van der Waals surface area contributed by atoms with E-state index in [0.717, 1.165) is 12.8 Å². The molecule has 1 fully saturated rings. The molecule has 0 unspecified atom stereocenters. The molecule has 2 N–H and O–H groups in total. The molecule has 0 aromatic heterocycles.